The Kier molecular flexibility index (Phi) is 5.98. The van der Waals surface area contributed by atoms with Crippen molar-refractivity contribution in [1.29, 1.82) is 0 Å². The number of amides is 1. The Morgan fingerprint density at radius 1 is 1.07 bits per heavy atom. The number of carbonyl (C=O) groups is 1. The van der Waals surface area contributed by atoms with E-state index in [2.05, 4.69) is 10.3 Å². The molecule has 0 aliphatic carbocycles. The molecule has 1 amide bonds. The van der Waals surface area contributed by atoms with Gasteiger partial charge in [-0.05, 0) is 61.4 Å². The van der Waals surface area contributed by atoms with Crippen molar-refractivity contribution in [1.82, 2.24) is 10.3 Å². The maximum Gasteiger partial charge on any atom is 0.264 e. The molecule has 0 unspecified atom stereocenters. The van der Waals surface area contributed by atoms with Crippen LogP contribution in [0.15, 0.2) is 71.9 Å². The van der Waals surface area contributed by atoms with E-state index in [4.69, 9.17) is 0 Å². The molecule has 0 bridgehead atoms. The number of benzene rings is 2. The van der Waals surface area contributed by atoms with Crippen LogP contribution in [0, 0.1) is 13.8 Å². The summed E-state index contributed by atoms with van der Waals surface area (Å²) >= 11 is 0. The van der Waals surface area contributed by atoms with Crippen LogP contribution < -0.4 is 9.62 Å². The monoisotopic (exact) mass is 409 g/mol. The SMILES string of the molecule is Cc1ccc(S(=O)(=O)N(C)c2ccc(C(=O)NCc3cccnc3)cc2C)cc1. The number of hydrogen-bond acceptors (Lipinski definition) is 4. The van der Waals surface area contributed by atoms with Crippen molar-refractivity contribution in [2.75, 3.05) is 11.4 Å². The van der Waals surface area contributed by atoms with Crippen molar-refractivity contribution in [2.45, 2.75) is 25.3 Å². The van der Waals surface area contributed by atoms with E-state index < -0.39 is 10.0 Å². The number of carbonyl (C=O) groups excluding carboxylic acids is 1. The van der Waals surface area contributed by atoms with Crippen LogP contribution in [0.1, 0.15) is 27.0 Å². The molecule has 1 N–H and O–H groups in total. The molecule has 6 nitrogen and oxygen atoms in total. The first-order valence-electron chi connectivity index (χ1n) is 9.12. The van der Waals surface area contributed by atoms with Gasteiger partial charge in [0.2, 0.25) is 0 Å². The highest BCUT2D eigenvalue weighted by Gasteiger charge is 2.22. The summed E-state index contributed by atoms with van der Waals surface area (Å²) in [4.78, 5) is 16.7. The van der Waals surface area contributed by atoms with Crippen LogP contribution in [0.5, 0.6) is 0 Å². The Labute approximate surface area is 171 Å². The Morgan fingerprint density at radius 2 is 1.79 bits per heavy atom. The van der Waals surface area contributed by atoms with Crippen molar-refractivity contribution in [2.24, 2.45) is 0 Å². The summed E-state index contributed by atoms with van der Waals surface area (Å²) < 4.78 is 27.1. The van der Waals surface area contributed by atoms with Gasteiger partial charge in [-0.25, -0.2) is 8.42 Å². The first-order valence-corrected chi connectivity index (χ1v) is 10.6. The standard InChI is InChI=1S/C22H23N3O3S/c1-16-6-9-20(10-7-16)29(27,28)25(3)21-11-8-19(13-17(21)2)22(26)24-15-18-5-4-12-23-14-18/h4-14H,15H2,1-3H3,(H,24,26). The van der Waals surface area contributed by atoms with Crippen molar-refractivity contribution in [3.05, 3.63) is 89.2 Å². The van der Waals surface area contributed by atoms with Crippen molar-refractivity contribution in [3.8, 4) is 0 Å². The minimum atomic E-state index is -3.68. The maximum atomic E-state index is 12.9. The highest BCUT2D eigenvalue weighted by Crippen LogP contribution is 2.26. The first-order chi connectivity index (χ1) is 13.8. The zero-order valence-electron chi connectivity index (χ0n) is 16.6. The summed E-state index contributed by atoms with van der Waals surface area (Å²) in [6.07, 6.45) is 3.37. The van der Waals surface area contributed by atoms with Gasteiger partial charge in [0.25, 0.3) is 15.9 Å². The molecule has 7 heteroatoms. The van der Waals surface area contributed by atoms with Crippen LogP contribution in [-0.4, -0.2) is 26.4 Å². The molecule has 29 heavy (non-hydrogen) atoms. The molecule has 3 aromatic rings. The van der Waals surface area contributed by atoms with E-state index >= 15 is 0 Å². The van der Waals surface area contributed by atoms with Gasteiger partial charge in [0.05, 0.1) is 10.6 Å². The first kappa shape index (κ1) is 20.5. The van der Waals surface area contributed by atoms with Crippen molar-refractivity contribution < 1.29 is 13.2 Å². The topological polar surface area (TPSA) is 79.4 Å². The van der Waals surface area contributed by atoms with E-state index in [1.54, 1.807) is 61.8 Å². The molecule has 0 saturated carbocycles. The molecule has 150 valence electrons. The van der Waals surface area contributed by atoms with E-state index in [0.717, 1.165) is 11.1 Å². The summed E-state index contributed by atoms with van der Waals surface area (Å²) in [6.45, 7) is 4.06. The number of nitrogens with one attached hydrogen (secondary N) is 1. The lowest BCUT2D eigenvalue weighted by Gasteiger charge is -2.22. The molecule has 0 aliphatic rings. The van der Waals surface area contributed by atoms with Crippen LogP contribution in [0.25, 0.3) is 0 Å². The Morgan fingerprint density at radius 3 is 2.41 bits per heavy atom. The maximum absolute atomic E-state index is 12.9. The number of nitrogens with zero attached hydrogens (tertiary/aromatic N) is 2. The van der Waals surface area contributed by atoms with E-state index in [1.165, 1.54) is 11.4 Å². The zero-order chi connectivity index (χ0) is 21.0. The lowest BCUT2D eigenvalue weighted by molar-refractivity contribution is 0.0951. The predicted molar refractivity (Wildman–Crippen MR) is 113 cm³/mol. The van der Waals surface area contributed by atoms with Gasteiger partial charge >= 0.3 is 0 Å². The van der Waals surface area contributed by atoms with Crippen LogP contribution in [0.2, 0.25) is 0 Å². The van der Waals surface area contributed by atoms with E-state index in [9.17, 15) is 13.2 Å². The fraction of sp³-hybridized carbons (Fsp3) is 0.182. The average Bonchev–Trinajstić information content (AvgIpc) is 2.72. The number of sulfonamides is 1. The molecule has 2 aromatic carbocycles. The second-order valence-electron chi connectivity index (χ2n) is 6.83. The molecule has 0 atom stereocenters. The van der Waals surface area contributed by atoms with Crippen molar-refractivity contribution in [3.63, 3.8) is 0 Å². The smallest absolute Gasteiger partial charge is 0.264 e. The Hall–Kier alpha value is -3.19. The van der Waals surface area contributed by atoms with Crippen LogP contribution in [0.4, 0.5) is 5.69 Å². The lowest BCUT2D eigenvalue weighted by Crippen LogP contribution is -2.28. The van der Waals surface area contributed by atoms with Gasteiger partial charge in [0.15, 0.2) is 0 Å². The molecule has 1 heterocycles. The fourth-order valence-corrected chi connectivity index (χ4v) is 4.19. The molecule has 1 aromatic heterocycles. The molecule has 0 spiro atoms. The fourth-order valence-electron chi connectivity index (χ4n) is 2.93. The summed E-state index contributed by atoms with van der Waals surface area (Å²) in [6, 6.07) is 15.4. The van der Waals surface area contributed by atoms with Gasteiger partial charge in [0, 0.05) is 31.5 Å². The molecule has 3 rings (SSSR count). The zero-order valence-corrected chi connectivity index (χ0v) is 17.4. The second-order valence-corrected chi connectivity index (χ2v) is 8.80. The third-order valence-corrected chi connectivity index (χ3v) is 6.44. The van der Waals surface area contributed by atoms with Crippen LogP contribution in [-0.2, 0) is 16.6 Å². The normalized spacial score (nSPS) is 11.1. The largest absolute Gasteiger partial charge is 0.348 e. The minimum absolute atomic E-state index is 0.225. The van der Waals surface area contributed by atoms with Crippen molar-refractivity contribution >= 4 is 21.6 Å². The lowest BCUT2D eigenvalue weighted by atomic mass is 10.1. The predicted octanol–water partition coefficient (Wildman–Crippen LogP) is 3.45. The molecule has 0 aliphatic heterocycles. The Bertz CT molecular complexity index is 1110. The summed E-state index contributed by atoms with van der Waals surface area (Å²) in [5, 5.41) is 2.84. The van der Waals surface area contributed by atoms with Gasteiger partial charge < -0.3 is 5.32 Å². The van der Waals surface area contributed by atoms with E-state index in [0.29, 0.717) is 23.4 Å². The quantitative estimate of drug-likeness (QED) is 0.676. The van der Waals surface area contributed by atoms with Gasteiger partial charge in [0.1, 0.15) is 0 Å². The molecule has 0 radical (unpaired) electrons. The number of pyridine rings is 1. The molecule has 0 fully saturated rings. The number of aromatic nitrogens is 1. The highest BCUT2D eigenvalue weighted by molar-refractivity contribution is 7.92. The highest BCUT2D eigenvalue weighted by atomic mass is 32.2. The molecule has 0 saturated heterocycles. The third kappa shape index (κ3) is 4.63. The third-order valence-electron chi connectivity index (χ3n) is 4.65. The Balaban J connectivity index is 1.78. The average molecular weight is 410 g/mol. The van der Waals surface area contributed by atoms with E-state index in [1.807, 2.05) is 19.1 Å². The number of hydrogen-bond donors (Lipinski definition) is 1. The van der Waals surface area contributed by atoms with Crippen LogP contribution >= 0.6 is 0 Å². The number of rotatable bonds is 6. The summed E-state index contributed by atoms with van der Waals surface area (Å²) in [5.41, 5.74) is 3.57. The summed E-state index contributed by atoms with van der Waals surface area (Å²) in [7, 11) is -2.17. The second kappa shape index (κ2) is 8.45. The molecular formula is C22H23N3O3S. The van der Waals surface area contributed by atoms with Gasteiger partial charge in [-0.3, -0.25) is 14.1 Å². The van der Waals surface area contributed by atoms with Gasteiger partial charge in [-0.15, -0.1) is 0 Å². The number of anilines is 1. The van der Waals surface area contributed by atoms with Gasteiger partial charge in [-0.1, -0.05) is 23.8 Å². The van der Waals surface area contributed by atoms with E-state index in [-0.39, 0.29) is 10.8 Å². The minimum Gasteiger partial charge on any atom is -0.348 e. The van der Waals surface area contributed by atoms with Gasteiger partial charge in [-0.2, -0.15) is 0 Å². The molecular weight excluding hydrogens is 386 g/mol. The summed E-state index contributed by atoms with van der Waals surface area (Å²) in [5.74, 6) is -0.229. The van der Waals surface area contributed by atoms with Crippen LogP contribution in [0.3, 0.4) is 0 Å². The number of aryl methyl sites for hydroxylation is 2.